The van der Waals surface area contributed by atoms with Gasteiger partial charge in [-0.1, -0.05) is 41.9 Å². The minimum absolute atomic E-state index is 0.257. The highest BCUT2D eigenvalue weighted by Crippen LogP contribution is 2.37. The Balaban J connectivity index is 1.84. The molecule has 8 heteroatoms. The Morgan fingerprint density at radius 1 is 1.17 bits per heavy atom. The maximum absolute atomic E-state index is 12.5. The molecule has 2 heterocycles. The number of hydrogen-bond acceptors (Lipinski definition) is 5. The number of sulfonamides is 1. The molecule has 0 radical (unpaired) electrons. The Bertz CT molecular complexity index is 1200. The van der Waals surface area contributed by atoms with Crippen LogP contribution < -0.4 is 10.2 Å². The van der Waals surface area contributed by atoms with E-state index in [-0.39, 0.29) is 5.15 Å². The van der Waals surface area contributed by atoms with Gasteiger partial charge in [-0.2, -0.15) is 0 Å². The molecule has 0 unspecified atom stereocenters. The van der Waals surface area contributed by atoms with E-state index in [1.54, 1.807) is 0 Å². The fourth-order valence-electron chi connectivity index (χ4n) is 3.35. The molecule has 4 rings (SSSR count). The van der Waals surface area contributed by atoms with Crippen LogP contribution in [0.15, 0.2) is 60.7 Å². The van der Waals surface area contributed by atoms with Gasteiger partial charge in [0.2, 0.25) is 10.0 Å². The second-order valence-electron chi connectivity index (χ2n) is 6.72. The van der Waals surface area contributed by atoms with Gasteiger partial charge in [-0.05, 0) is 42.8 Å². The molecule has 0 amide bonds. The monoisotopic (exact) mass is 429 g/mol. The minimum Gasteiger partial charge on any atom is -0.494 e. The first kappa shape index (κ1) is 19.7. The van der Waals surface area contributed by atoms with Crippen molar-refractivity contribution in [2.45, 2.75) is 13.0 Å². The van der Waals surface area contributed by atoms with E-state index in [1.165, 1.54) is 4.41 Å². The van der Waals surface area contributed by atoms with Crippen molar-refractivity contribution in [3.63, 3.8) is 0 Å². The molecule has 29 heavy (non-hydrogen) atoms. The van der Waals surface area contributed by atoms with Crippen molar-refractivity contribution >= 4 is 38.2 Å². The van der Waals surface area contributed by atoms with Crippen LogP contribution in [0, 0.1) is 0 Å². The van der Waals surface area contributed by atoms with Gasteiger partial charge in [0.1, 0.15) is 10.9 Å². The number of aromatic nitrogens is 1. The molecule has 6 nitrogen and oxygen atoms in total. The van der Waals surface area contributed by atoms with E-state index < -0.39 is 16.1 Å². The fraction of sp³-hybridized carbons (Fsp3) is 0.190. The summed E-state index contributed by atoms with van der Waals surface area (Å²) < 4.78 is 31.7. The molecule has 0 saturated heterocycles. The van der Waals surface area contributed by atoms with Crippen LogP contribution in [0.3, 0.4) is 0 Å². The summed E-state index contributed by atoms with van der Waals surface area (Å²) in [7, 11) is -3.57. The fourth-order valence-corrected chi connectivity index (χ4v) is 4.45. The van der Waals surface area contributed by atoms with Crippen LogP contribution >= 0.6 is 11.6 Å². The van der Waals surface area contributed by atoms with Crippen molar-refractivity contribution < 1.29 is 13.2 Å². The molecule has 1 atom stereocenters. The van der Waals surface area contributed by atoms with E-state index in [2.05, 4.69) is 10.4 Å². The van der Waals surface area contributed by atoms with Gasteiger partial charge >= 0.3 is 0 Å². The highest BCUT2D eigenvalue weighted by molar-refractivity contribution is 7.88. The lowest BCUT2D eigenvalue weighted by Crippen LogP contribution is -2.38. The molecule has 3 aromatic rings. The molecule has 0 aliphatic carbocycles. The number of ether oxygens (including phenoxy) is 1. The largest absolute Gasteiger partial charge is 0.494 e. The summed E-state index contributed by atoms with van der Waals surface area (Å²) >= 11 is 6.47. The second kappa shape index (κ2) is 7.67. The Kier molecular flexibility index (Phi) is 5.21. The van der Waals surface area contributed by atoms with Gasteiger partial charge in [-0.25, -0.2) is 13.4 Å². The molecule has 0 fully saturated rings. The first-order valence-corrected chi connectivity index (χ1v) is 11.4. The van der Waals surface area contributed by atoms with Gasteiger partial charge in [0.05, 0.1) is 30.1 Å². The molecule has 150 valence electrons. The third-order valence-corrected chi connectivity index (χ3v) is 5.98. The summed E-state index contributed by atoms with van der Waals surface area (Å²) in [4.78, 5) is 4.47. The van der Waals surface area contributed by atoms with Gasteiger partial charge < -0.3 is 10.2 Å². The predicted octanol–water partition coefficient (Wildman–Crippen LogP) is 4.15. The van der Waals surface area contributed by atoms with Crippen LogP contribution in [0.2, 0.25) is 5.15 Å². The van der Waals surface area contributed by atoms with Crippen LogP contribution in [0.1, 0.15) is 24.1 Å². The molecule has 0 saturated carbocycles. The highest BCUT2D eigenvalue weighted by atomic mass is 35.5. The molecule has 1 aliphatic rings. The molecule has 2 aromatic carbocycles. The average Bonchev–Trinajstić information content (AvgIpc) is 3.14. The van der Waals surface area contributed by atoms with Crippen molar-refractivity contribution in [1.82, 2.24) is 14.8 Å². The van der Waals surface area contributed by atoms with Gasteiger partial charge in [-0.3, -0.25) is 0 Å². The second-order valence-corrected chi connectivity index (χ2v) is 8.94. The maximum Gasteiger partial charge on any atom is 0.228 e. The van der Waals surface area contributed by atoms with E-state index in [4.69, 9.17) is 16.3 Å². The summed E-state index contributed by atoms with van der Waals surface area (Å²) in [5.74, 6) is 0.722. The maximum atomic E-state index is 12.5. The van der Waals surface area contributed by atoms with Gasteiger partial charge in [0.25, 0.3) is 0 Å². The molecule has 0 bridgehead atoms. The van der Waals surface area contributed by atoms with Crippen molar-refractivity contribution in [3.8, 4) is 5.75 Å². The van der Waals surface area contributed by atoms with Gasteiger partial charge in [-0.15, -0.1) is 4.41 Å². The van der Waals surface area contributed by atoms with E-state index in [0.717, 1.165) is 23.0 Å². The standard InChI is InChI=1S/C21H20ClN3O3S/c1-3-28-16-9-10-18-15(11-16)12-17(21(22)23-18)20-13-19(14-7-5-4-6-8-14)24-25(20)29(2,26)27/h4-13,20,24H,3H2,1-2H3/t20-/m1/s1. The van der Waals surface area contributed by atoms with Crippen molar-refractivity contribution in [2.75, 3.05) is 12.9 Å². The highest BCUT2D eigenvalue weighted by Gasteiger charge is 2.35. The molecule has 1 aromatic heterocycles. The summed E-state index contributed by atoms with van der Waals surface area (Å²) in [6.07, 6.45) is 3.00. The number of nitrogens with one attached hydrogen (secondary N) is 1. The topological polar surface area (TPSA) is 71.5 Å². The molecular weight excluding hydrogens is 410 g/mol. The number of nitrogens with zero attached hydrogens (tertiary/aromatic N) is 2. The molecule has 1 aliphatic heterocycles. The van der Waals surface area contributed by atoms with Crippen LogP contribution in [0.4, 0.5) is 0 Å². The van der Waals surface area contributed by atoms with E-state index in [9.17, 15) is 8.42 Å². The summed E-state index contributed by atoms with van der Waals surface area (Å²) in [6.45, 7) is 2.47. The number of rotatable bonds is 5. The van der Waals surface area contributed by atoms with Gasteiger partial charge in [0, 0.05) is 10.9 Å². The smallest absolute Gasteiger partial charge is 0.228 e. The number of pyridine rings is 1. The summed E-state index contributed by atoms with van der Waals surface area (Å²) in [5, 5.41) is 1.08. The zero-order valence-corrected chi connectivity index (χ0v) is 17.5. The lowest BCUT2D eigenvalue weighted by Gasteiger charge is -2.23. The first-order chi connectivity index (χ1) is 13.9. The zero-order chi connectivity index (χ0) is 20.6. The van der Waals surface area contributed by atoms with E-state index in [1.807, 2.05) is 67.6 Å². The van der Waals surface area contributed by atoms with Crippen LogP contribution in [0.25, 0.3) is 16.6 Å². The number of hydrazine groups is 1. The van der Waals surface area contributed by atoms with E-state index in [0.29, 0.717) is 23.4 Å². The van der Waals surface area contributed by atoms with E-state index >= 15 is 0 Å². The Morgan fingerprint density at radius 3 is 2.62 bits per heavy atom. The first-order valence-electron chi connectivity index (χ1n) is 9.13. The van der Waals surface area contributed by atoms with Crippen LogP contribution in [-0.4, -0.2) is 30.7 Å². The van der Waals surface area contributed by atoms with Gasteiger partial charge in [0.15, 0.2) is 0 Å². The number of benzene rings is 2. The third kappa shape index (κ3) is 3.94. The molecule has 1 N–H and O–H groups in total. The number of fused-ring (bicyclic) bond motifs is 1. The number of halogens is 1. The summed E-state index contributed by atoms with van der Waals surface area (Å²) in [5.41, 5.74) is 5.88. The lowest BCUT2D eigenvalue weighted by molar-refractivity contribution is 0.340. The minimum atomic E-state index is -3.57. The Labute approximate surface area is 174 Å². The Morgan fingerprint density at radius 2 is 1.93 bits per heavy atom. The van der Waals surface area contributed by atoms with Crippen molar-refractivity contribution in [1.29, 1.82) is 0 Å². The quantitative estimate of drug-likeness (QED) is 0.617. The SMILES string of the molecule is CCOc1ccc2nc(Cl)c([C@H]3C=C(c4ccccc4)NN3S(C)(=O)=O)cc2c1. The average molecular weight is 430 g/mol. The predicted molar refractivity (Wildman–Crippen MR) is 115 cm³/mol. The van der Waals surface area contributed by atoms with Crippen molar-refractivity contribution in [3.05, 3.63) is 77.0 Å². The zero-order valence-electron chi connectivity index (χ0n) is 16.0. The lowest BCUT2D eigenvalue weighted by atomic mass is 10.0. The molecule has 0 spiro atoms. The normalized spacial score (nSPS) is 17.2. The summed E-state index contributed by atoms with van der Waals surface area (Å²) in [6, 6.07) is 16.3. The van der Waals surface area contributed by atoms with Crippen LogP contribution in [0.5, 0.6) is 5.75 Å². The number of hydrogen-bond donors (Lipinski definition) is 1. The Hall–Kier alpha value is -2.61. The molecular formula is C21H20ClN3O3S. The van der Waals surface area contributed by atoms with Crippen molar-refractivity contribution in [2.24, 2.45) is 0 Å². The van der Waals surface area contributed by atoms with Crippen LogP contribution in [-0.2, 0) is 10.0 Å². The third-order valence-electron chi connectivity index (χ3n) is 4.65.